The molecule has 0 N–H and O–H groups in total. The largest absolute Gasteiger partial charge is 0.483 e. The number of benzene rings is 3. The average molecular weight is 635 g/mol. The van der Waals surface area contributed by atoms with Crippen LogP contribution in [0.25, 0.3) is 11.0 Å². The highest BCUT2D eigenvalue weighted by Gasteiger charge is 2.50. The zero-order valence-corrected chi connectivity index (χ0v) is 23.8. The van der Waals surface area contributed by atoms with E-state index in [9.17, 15) is 40.7 Å². The molecule has 0 fully saturated rings. The molecule has 2 heterocycles. The van der Waals surface area contributed by atoms with Crippen molar-refractivity contribution in [1.29, 1.82) is 0 Å². The Morgan fingerprint density at radius 2 is 1.38 bits per heavy atom. The van der Waals surface area contributed by atoms with Gasteiger partial charge in [0.1, 0.15) is 22.7 Å². The molecule has 45 heavy (non-hydrogen) atoms. The Morgan fingerprint density at radius 3 is 1.91 bits per heavy atom. The van der Waals surface area contributed by atoms with Gasteiger partial charge in [0.05, 0.1) is 33.2 Å². The van der Waals surface area contributed by atoms with Crippen molar-refractivity contribution in [3.05, 3.63) is 111 Å². The van der Waals surface area contributed by atoms with Crippen LogP contribution >= 0.6 is 0 Å². The molecule has 3 aromatic carbocycles. The van der Waals surface area contributed by atoms with E-state index in [-0.39, 0.29) is 34.5 Å². The number of ether oxygens (including phenoxy) is 3. The number of halogens is 6. The molecule has 0 unspecified atom stereocenters. The highest BCUT2D eigenvalue weighted by Crippen LogP contribution is 2.47. The minimum atomic E-state index is -4.78. The summed E-state index contributed by atoms with van der Waals surface area (Å²) in [4.78, 5) is 39.6. The van der Waals surface area contributed by atoms with Gasteiger partial charge >= 0.3 is 24.3 Å². The van der Waals surface area contributed by atoms with E-state index in [2.05, 4.69) is 0 Å². The van der Waals surface area contributed by atoms with Gasteiger partial charge in [-0.15, -0.1) is 0 Å². The molecule has 1 aliphatic heterocycles. The first-order valence-electron chi connectivity index (χ1n) is 13.5. The molecule has 0 saturated heterocycles. The molecule has 13 heteroatoms. The molecule has 0 aliphatic carbocycles. The van der Waals surface area contributed by atoms with Crippen molar-refractivity contribution in [2.75, 3.05) is 0 Å². The molecule has 0 spiro atoms. The van der Waals surface area contributed by atoms with Crippen LogP contribution in [0.5, 0.6) is 5.75 Å². The van der Waals surface area contributed by atoms with Gasteiger partial charge in [-0.2, -0.15) is 26.3 Å². The lowest BCUT2D eigenvalue weighted by Crippen LogP contribution is -2.52. The molecule has 0 saturated carbocycles. The van der Waals surface area contributed by atoms with Crippen LogP contribution < -0.4 is 10.2 Å². The van der Waals surface area contributed by atoms with E-state index in [0.717, 1.165) is 36.4 Å². The smallest absolute Gasteiger partial charge is 0.416 e. The summed E-state index contributed by atoms with van der Waals surface area (Å²) < 4.78 is 104. The quantitative estimate of drug-likeness (QED) is 0.164. The lowest BCUT2D eigenvalue weighted by molar-refractivity contribution is -0.138. The van der Waals surface area contributed by atoms with Gasteiger partial charge in [0.15, 0.2) is 17.6 Å². The number of hydrogen-bond donors (Lipinski definition) is 0. The van der Waals surface area contributed by atoms with Crippen molar-refractivity contribution in [2.24, 2.45) is 0 Å². The highest BCUT2D eigenvalue weighted by atomic mass is 19.4. The fraction of sp³-hybridized carbons (Fsp3) is 0.281. The van der Waals surface area contributed by atoms with Gasteiger partial charge in [0.2, 0.25) is 0 Å². The monoisotopic (exact) mass is 634 g/mol. The maximum absolute atomic E-state index is 13.4. The maximum atomic E-state index is 13.4. The summed E-state index contributed by atoms with van der Waals surface area (Å²) in [6.07, 6.45) is -12.5. The third-order valence-corrected chi connectivity index (χ3v) is 7.23. The van der Waals surface area contributed by atoms with Crippen LogP contribution in [0.3, 0.4) is 0 Å². The number of alkyl halides is 6. The number of rotatable bonds is 5. The van der Waals surface area contributed by atoms with Crippen LogP contribution in [-0.2, 0) is 28.2 Å². The SMILES string of the molecule is CCc1cc(=O)c2ccc3c(c2o1)[C@@H](OC(=O)c1cccc(C(F)(F)F)c1)[C@@H](OC(=O)c1cccc(C(F)(F)F)c1)C(C)(C)O3. The maximum Gasteiger partial charge on any atom is 0.416 e. The first kappa shape index (κ1) is 31.6. The molecule has 0 amide bonds. The minimum absolute atomic E-state index is 0.0392. The Balaban J connectivity index is 1.65. The first-order chi connectivity index (χ1) is 21.0. The zero-order chi connectivity index (χ0) is 32.9. The van der Waals surface area contributed by atoms with E-state index in [1.54, 1.807) is 6.92 Å². The summed E-state index contributed by atoms with van der Waals surface area (Å²) in [5.41, 5.74) is -5.34. The van der Waals surface area contributed by atoms with E-state index < -0.39 is 69.8 Å². The van der Waals surface area contributed by atoms with Crippen LogP contribution in [-0.4, -0.2) is 23.6 Å². The summed E-state index contributed by atoms with van der Waals surface area (Å²) in [5, 5.41) is 0.0392. The van der Waals surface area contributed by atoms with E-state index >= 15 is 0 Å². The van der Waals surface area contributed by atoms with Gasteiger partial charge in [-0.05, 0) is 62.4 Å². The highest BCUT2D eigenvalue weighted by molar-refractivity contribution is 5.92. The summed E-state index contributed by atoms with van der Waals surface area (Å²) in [7, 11) is 0. The zero-order valence-electron chi connectivity index (χ0n) is 23.8. The Bertz CT molecular complexity index is 1860. The first-order valence-corrected chi connectivity index (χ1v) is 13.5. The number of carbonyl (C=O) groups excluding carboxylic acids is 2. The second kappa shape index (κ2) is 11.3. The van der Waals surface area contributed by atoms with Gasteiger partial charge in [-0.3, -0.25) is 4.79 Å². The minimum Gasteiger partial charge on any atom is -0.483 e. The number of fused-ring (bicyclic) bond motifs is 3. The van der Waals surface area contributed by atoms with Crippen molar-refractivity contribution < 1.29 is 54.6 Å². The average Bonchev–Trinajstić information content (AvgIpc) is 2.97. The molecule has 236 valence electrons. The van der Waals surface area contributed by atoms with Crippen LogP contribution in [0.4, 0.5) is 26.3 Å². The normalized spacial score (nSPS) is 17.7. The van der Waals surface area contributed by atoms with Crippen molar-refractivity contribution in [1.82, 2.24) is 0 Å². The van der Waals surface area contributed by atoms with Crippen LogP contribution in [0, 0.1) is 0 Å². The van der Waals surface area contributed by atoms with Crippen molar-refractivity contribution in [3.63, 3.8) is 0 Å². The van der Waals surface area contributed by atoms with Gasteiger partial charge in [-0.25, -0.2) is 9.59 Å². The molecule has 2 atom stereocenters. The Hall–Kier alpha value is -4.81. The molecule has 7 nitrogen and oxygen atoms in total. The van der Waals surface area contributed by atoms with Crippen LogP contribution in [0.2, 0.25) is 0 Å². The molecule has 5 rings (SSSR count). The predicted octanol–water partition coefficient (Wildman–Crippen LogP) is 7.69. The molecule has 0 bridgehead atoms. The number of carbonyl (C=O) groups is 2. The molecule has 0 radical (unpaired) electrons. The van der Waals surface area contributed by atoms with Gasteiger partial charge in [0.25, 0.3) is 0 Å². The Kier molecular flexibility index (Phi) is 7.92. The lowest BCUT2D eigenvalue weighted by atomic mass is 9.87. The summed E-state index contributed by atoms with van der Waals surface area (Å²) in [6, 6.07) is 11.0. The van der Waals surface area contributed by atoms with Crippen molar-refractivity contribution >= 4 is 22.9 Å². The molecular weight excluding hydrogens is 610 g/mol. The van der Waals surface area contributed by atoms with Crippen LogP contribution in [0.1, 0.15) is 70.0 Å². The number of esters is 2. The summed E-state index contributed by atoms with van der Waals surface area (Å²) >= 11 is 0. The van der Waals surface area contributed by atoms with E-state index in [1.165, 1.54) is 32.0 Å². The number of hydrogen-bond acceptors (Lipinski definition) is 7. The third kappa shape index (κ3) is 6.24. The number of aryl methyl sites for hydroxylation is 1. The second-order valence-electron chi connectivity index (χ2n) is 10.8. The van der Waals surface area contributed by atoms with Gasteiger partial charge < -0.3 is 18.6 Å². The second-order valence-corrected chi connectivity index (χ2v) is 10.8. The summed E-state index contributed by atoms with van der Waals surface area (Å²) in [6.45, 7) is 4.62. The van der Waals surface area contributed by atoms with Gasteiger partial charge in [0, 0.05) is 12.5 Å². The lowest BCUT2D eigenvalue weighted by Gasteiger charge is -2.43. The topological polar surface area (TPSA) is 92.0 Å². The Labute approximate surface area is 251 Å². The van der Waals surface area contributed by atoms with E-state index in [0.29, 0.717) is 12.1 Å². The Morgan fingerprint density at radius 1 is 0.822 bits per heavy atom. The fourth-order valence-corrected chi connectivity index (χ4v) is 5.00. The predicted molar refractivity (Wildman–Crippen MR) is 147 cm³/mol. The van der Waals surface area contributed by atoms with Crippen molar-refractivity contribution in [2.45, 2.75) is 57.4 Å². The molecule has 4 aromatic rings. The van der Waals surface area contributed by atoms with Gasteiger partial charge in [-0.1, -0.05) is 19.1 Å². The standard InChI is InChI=1S/C32H24F6O7/c1-4-20-15-22(39)21-11-12-23-24(25(21)42-20)26(43-28(40)16-7-5-9-18(13-16)31(33,34)35)27(30(2,3)45-23)44-29(41)17-8-6-10-19(14-17)32(36,37)38/h5-15,26-27H,4H2,1-3H3/t26-,27-/m1/s1. The molecular formula is C32H24F6O7. The summed E-state index contributed by atoms with van der Waals surface area (Å²) in [5.74, 6) is -2.19. The van der Waals surface area contributed by atoms with Crippen LogP contribution in [0.15, 0.2) is 75.9 Å². The fourth-order valence-electron chi connectivity index (χ4n) is 5.00. The van der Waals surface area contributed by atoms with E-state index in [1.807, 2.05) is 0 Å². The van der Waals surface area contributed by atoms with Crippen molar-refractivity contribution in [3.8, 4) is 5.75 Å². The van der Waals surface area contributed by atoms with E-state index in [4.69, 9.17) is 18.6 Å². The molecule has 1 aromatic heterocycles. The molecule has 1 aliphatic rings. The third-order valence-electron chi connectivity index (χ3n) is 7.23.